The number of rotatable bonds is 4. The molecule has 1 aliphatic rings. The summed E-state index contributed by atoms with van der Waals surface area (Å²) in [7, 11) is 0. The van der Waals surface area contributed by atoms with Crippen LogP contribution in [0, 0.1) is 5.82 Å². The molecule has 1 N–H and O–H groups in total. The highest BCUT2D eigenvalue weighted by Crippen LogP contribution is 2.14. The van der Waals surface area contributed by atoms with E-state index < -0.39 is 0 Å². The first kappa shape index (κ1) is 17.1. The van der Waals surface area contributed by atoms with Gasteiger partial charge in [0.1, 0.15) is 5.82 Å². The lowest BCUT2D eigenvalue weighted by molar-refractivity contribution is -0.121. The van der Waals surface area contributed by atoms with Gasteiger partial charge < -0.3 is 10.2 Å². The average Bonchev–Trinajstić information content (AvgIpc) is 2.64. The smallest absolute Gasteiger partial charge is 0.253 e. The fraction of sp³-hybridized carbons (Fsp3) is 0.300. The summed E-state index contributed by atoms with van der Waals surface area (Å²) in [4.78, 5) is 26.3. The quantitative estimate of drug-likeness (QED) is 0.930. The van der Waals surface area contributed by atoms with Crippen LogP contribution in [0.5, 0.6) is 0 Å². The largest absolute Gasteiger partial charge is 0.353 e. The Labute approximate surface area is 146 Å². The summed E-state index contributed by atoms with van der Waals surface area (Å²) in [6, 6.07) is 15.5. The molecule has 1 saturated heterocycles. The maximum atomic E-state index is 13.6. The number of hydrogen-bond donors (Lipinski definition) is 1. The summed E-state index contributed by atoms with van der Waals surface area (Å²) in [6.45, 7) is 1.22. The van der Waals surface area contributed by atoms with Crippen LogP contribution in [0.15, 0.2) is 54.6 Å². The summed E-state index contributed by atoms with van der Waals surface area (Å²) >= 11 is 0. The molecule has 2 amide bonds. The number of nitrogens with zero attached hydrogens (tertiary/aromatic N) is 1. The van der Waals surface area contributed by atoms with E-state index in [4.69, 9.17) is 0 Å². The molecule has 2 aromatic carbocycles. The molecule has 130 valence electrons. The van der Waals surface area contributed by atoms with Crippen molar-refractivity contribution in [2.75, 3.05) is 13.1 Å². The van der Waals surface area contributed by atoms with E-state index in [0.29, 0.717) is 37.1 Å². The third-order valence-electron chi connectivity index (χ3n) is 4.48. The van der Waals surface area contributed by atoms with Crippen molar-refractivity contribution in [2.24, 2.45) is 0 Å². The van der Waals surface area contributed by atoms with Crippen LogP contribution in [0.2, 0.25) is 0 Å². The van der Waals surface area contributed by atoms with Crippen LogP contribution in [-0.4, -0.2) is 35.8 Å². The Bertz CT molecular complexity index is 740. The van der Waals surface area contributed by atoms with Gasteiger partial charge in [-0.05, 0) is 36.6 Å². The Morgan fingerprint density at radius 1 is 1.00 bits per heavy atom. The molecular weight excluding hydrogens is 319 g/mol. The summed E-state index contributed by atoms with van der Waals surface area (Å²) in [5.74, 6) is -0.518. The Morgan fingerprint density at radius 3 is 2.32 bits per heavy atom. The van der Waals surface area contributed by atoms with Gasteiger partial charge in [-0.15, -0.1) is 0 Å². The number of hydrogen-bond acceptors (Lipinski definition) is 2. The van der Waals surface area contributed by atoms with Gasteiger partial charge in [0.05, 0.1) is 6.42 Å². The van der Waals surface area contributed by atoms with E-state index in [1.807, 2.05) is 35.2 Å². The van der Waals surface area contributed by atoms with Gasteiger partial charge in [0.15, 0.2) is 0 Å². The first-order valence-electron chi connectivity index (χ1n) is 8.50. The van der Waals surface area contributed by atoms with Crippen molar-refractivity contribution in [1.29, 1.82) is 0 Å². The number of amides is 2. The molecule has 1 heterocycles. The van der Waals surface area contributed by atoms with Crippen LogP contribution < -0.4 is 5.32 Å². The summed E-state index contributed by atoms with van der Waals surface area (Å²) in [6.07, 6.45) is 1.46. The van der Waals surface area contributed by atoms with E-state index >= 15 is 0 Å². The van der Waals surface area contributed by atoms with Crippen molar-refractivity contribution in [3.05, 3.63) is 71.5 Å². The molecule has 5 heteroatoms. The minimum atomic E-state index is -0.360. The predicted molar refractivity (Wildman–Crippen MR) is 93.6 cm³/mol. The van der Waals surface area contributed by atoms with Gasteiger partial charge in [0.25, 0.3) is 5.91 Å². The van der Waals surface area contributed by atoms with Crippen LogP contribution in [-0.2, 0) is 11.2 Å². The summed E-state index contributed by atoms with van der Waals surface area (Å²) in [5, 5.41) is 2.95. The molecule has 0 aliphatic carbocycles. The number of halogens is 1. The SMILES string of the molecule is O=C(Cc1ccccc1F)NC1CCN(C(=O)c2ccccc2)CC1. The normalized spacial score (nSPS) is 15.0. The highest BCUT2D eigenvalue weighted by atomic mass is 19.1. The molecule has 2 aromatic rings. The highest BCUT2D eigenvalue weighted by molar-refractivity contribution is 5.94. The van der Waals surface area contributed by atoms with Gasteiger partial charge in [-0.1, -0.05) is 36.4 Å². The van der Waals surface area contributed by atoms with E-state index in [9.17, 15) is 14.0 Å². The van der Waals surface area contributed by atoms with Gasteiger partial charge in [0.2, 0.25) is 5.91 Å². The molecule has 0 aromatic heterocycles. The molecule has 0 spiro atoms. The molecule has 3 rings (SSSR count). The lowest BCUT2D eigenvalue weighted by Crippen LogP contribution is -2.46. The lowest BCUT2D eigenvalue weighted by atomic mass is 10.0. The number of benzene rings is 2. The second-order valence-electron chi connectivity index (χ2n) is 6.27. The monoisotopic (exact) mass is 340 g/mol. The molecule has 25 heavy (non-hydrogen) atoms. The maximum absolute atomic E-state index is 13.6. The number of likely N-dealkylation sites (tertiary alicyclic amines) is 1. The zero-order chi connectivity index (χ0) is 17.6. The van der Waals surface area contributed by atoms with Crippen LogP contribution in [0.3, 0.4) is 0 Å². The number of carbonyl (C=O) groups is 2. The zero-order valence-corrected chi connectivity index (χ0v) is 14.0. The van der Waals surface area contributed by atoms with E-state index in [1.165, 1.54) is 6.07 Å². The minimum Gasteiger partial charge on any atom is -0.353 e. The molecule has 0 atom stereocenters. The highest BCUT2D eigenvalue weighted by Gasteiger charge is 2.24. The first-order valence-corrected chi connectivity index (χ1v) is 8.50. The van der Waals surface area contributed by atoms with Gasteiger partial charge in [-0.3, -0.25) is 9.59 Å². The van der Waals surface area contributed by atoms with Crippen molar-refractivity contribution in [2.45, 2.75) is 25.3 Å². The molecular formula is C20H21FN2O2. The van der Waals surface area contributed by atoms with Gasteiger partial charge in [0, 0.05) is 24.7 Å². The topological polar surface area (TPSA) is 49.4 Å². The fourth-order valence-corrected chi connectivity index (χ4v) is 3.08. The molecule has 1 aliphatic heterocycles. The Balaban J connectivity index is 1.48. The molecule has 4 nitrogen and oxygen atoms in total. The standard InChI is InChI=1S/C20H21FN2O2/c21-18-9-5-4-8-16(18)14-19(24)22-17-10-12-23(13-11-17)20(25)15-6-2-1-3-7-15/h1-9,17H,10-14H2,(H,22,24). The molecule has 1 fully saturated rings. The third kappa shape index (κ3) is 4.44. The Morgan fingerprint density at radius 2 is 1.64 bits per heavy atom. The molecule has 0 radical (unpaired) electrons. The van der Waals surface area contributed by atoms with Gasteiger partial charge in [-0.2, -0.15) is 0 Å². The van der Waals surface area contributed by atoms with E-state index in [-0.39, 0.29) is 30.1 Å². The Kier molecular flexibility index (Phi) is 5.43. The van der Waals surface area contributed by atoms with E-state index in [2.05, 4.69) is 5.32 Å². The lowest BCUT2D eigenvalue weighted by Gasteiger charge is -2.32. The average molecular weight is 340 g/mol. The van der Waals surface area contributed by atoms with Crippen molar-refractivity contribution >= 4 is 11.8 Å². The van der Waals surface area contributed by atoms with E-state index in [0.717, 1.165) is 0 Å². The predicted octanol–water partition coefficient (Wildman–Crippen LogP) is 2.79. The zero-order valence-electron chi connectivity index (χ0n) is 14.0. The van der Waals surface area contributed by atoms with Crippen molar-refractivity contribution in [3.8, 4) is 0 Å². The number of nitrogens with one attached hydrogen (secondary N) is 1. The molecule has 0 saturated carbocycles. The summed E-state index contributed by atoms with van der Waals surface area (Å²) < 4.78 is 13.6. The Hall–Kier alpha value is -2.69. The van der Waals surface area contributed by atoms with Gasteiger partial charge >= 0.3 is 0 Å². The van der Waals surface area contributed by atoms with E-state index in [1.54, 1.807) is 18.2 Å². The second-order valence-corrected chi connectivity index (χ2v) is 6.27. The van der Waals surface area contributed by atoms with Crippen LogP contribution >= 0.6 is 0 Å². The number of carbonyl (C=O) groups excluding carboxylic acids is 2. The fourth-order valence-electron chi connectivity index (χ4n) is 3.08. The second kappa shape index (κ2) is 7.92. The van der Waals surface area contributed by atoms with Crippen molar-refractivity contribution < 1.29 is 14.0 Å². The summed E-state index contributed by atoms with van der Waals surface area (Å²) in [5.41, 5.74) is 1.08. The number of piperidine rings is 1. The van der Waals surface area contributed by atoms with Crippen LogP contribution in [0.1, 0.15) is 28.8 Å². The van der Waals surface area contributed by atoms with Crippen LogP contribution in [0.25, 0.3) is 0 Å². The maximum Gasteiger partial charge on any atom is 0.253 e. The van der Waals surface area contributed by atoms with Crippen LogP contribution in [0.4, 0.5) is 4.39 Å². The minimum absolute atomic E-state index is 0.0248. The molecule has 0 bridgehead atoms. The van der Waals surface area contributed by atoms with Crippen molar-refractivity contribution in [3.63, 3.8) is 0 Å². The van der Waals surface area contributed by atoms with Crippen molar-refractivity contribution in [1.82, 2.24) is 10.2 Å². The molecule has 0 unspecified atom stereocenters. The van der Waals surface area contributed by atoms with Gasteiger partial charge in [-0.25, -0.2) is 4.39 Å². The first-order chi connectivity index (χ1) is 12.1. The third-order valence-corrected chi connectivity index (χ3v) is 4.48.